The zero-order chi connectivity index (χ0) is 13.9. The molecule has 0 aliphatic carbocycles. The fourth-order valence-corrected chi connectivity index (χ4v) is 1.54. The second-order valence-electron chi connectivity index (χ2n) is 3.78. The molecule has 0 spiro atoms. The summed E-state index contributed by atoms with van der Waals surface area (Å²) in [4.78, 5) is 0. The van der Waals surface area contributed by atoms with Gasteiger partial charge in [0, 0.05) is 0 Å². The van der Waals surface area contributed by atoms with Crippen molar-refractivity contribution in [3.05, 3.63) is 54.1 Å². The van der Waals surface area contributed by atoms with Gasteiger partial charge in [0.1, 0.15) is 5.75 Å². The molecule has 0 bridgehead atoms. The van der Waals surface area contributed by atoms with Gasteiger partial charge in [-0.05, 0) is 36.4 Å². The second kappa shape index (κ2) is 5.22. The molecule has 0 fully saturated rings. The Morgan fingerprint density at radius 1 is 0.842 bits per heavy atom. The molecule has 2 rings (SSSR count). The fourth-order valence-electron chi connectivity index (χ4n) is 1.54. The van der Waals surface area contributed by atoms with Crippen molar-refractivity contribution in [2.24, 2.45) is 0 Å². The lowest BCUT2D eigenvalue weighted by Gasteiger charge is -2.11. The number of hydrogen-bond acceptors (Lipinski definition) is 2. The van der Waals surface area contributed by atoms with Crippen LogP contribution in [-0.4, -0.2) is 7.11 Å². The molecule has 0 aliphatic rings. The number of methoxy groups -OCH3 is 1. The van der Waals surface area contributed by atoms with Crippen molar-refractivity contribution in [3.63, 3.8) is 0 Å². The van der Waals surface area contributed by atoms with Crippen molar-refractivity contribution in [3.8, 4) is 17.2 Å². The lowest BCUT2D eigenvalue weighted by Crippen LogP contribution is -2.04. The molecule has 0 aromatic heterocycles. The Morgan fingerprint density at radius 3 is 1.95 bits per heavy atom. The molecule has 0 aliphatic heterocycles. The zero-order valence-electron chi connectivity index (χ0n) is 10.1. The smallest absolute Gasteiger partial charge is 0.416 e. The summed E-state index contributed by atoms with van der Waals surface area (Å²) in [5.74, 6) is 1.28. The minimum atomic E-state index is -4.34. The molecule has 0 saturated heterocycles. The van der Waals surface area contributed by atoms with E-state index in [1.807, 2.05) is 0 Å². The van der Waals surface area contributed by atoms with E-state index in [4.69, 9.17) is 9.47 Å². The summed E-state index contributed by atoms with van der Waals surface area (Å²) in [6.07, 6.45) is -4.34. The molecular weight excluding hydrogens is 257 g/mol. The first kappa shape index (κ1) is 13.3. The van der Waals surface area contributed by atoms with Gasteiger partial charge >= 0.3 is 6.18 Å². The van der Waals surface area contributed by atoms with E-state index in [2.05, 4.69) is 0 Å². The highest BCUT2D eigenvalue weighted by Crippen LogP contribution is 2.33. The molecule has 0 saturated carbocycles. The van der Waals surface area contributed by atoms with Crippen molar-refractivity contribution in [2.75, 3.05) is 7.11 Å². The van der Waals surface area contributed by atoms with Crippen molar-refractivity contribution in [2.45, 2.75) is 6.18 Å². The highest BCUT2D eigenvalue weighted by molar-refractivity contribution is 5.43. The summed E-state index contributed by atoms with van der Waals surface area (Å²) in [6, 6.07) is 11.4. The number of benzene rings is 2. The van der Waals surface area contributed by atoms with E-state index in [0.717, 1.165) is 12.1 Å². The first-order valence-corrected chi connectivity index (χ1v) is 5.49. The molecule has 100 valence electrons. The Morgan fingerprint density at radius 2 is 1.42 bits per heavy atom. The Balaban J connectivity index is 2.20. The van der Waals surface area contributed by atoms with E-state index in [0.29, 0.717) is 17.2 Å². The van der Waals surface area contributed by atoms with Crippen LogP contribution in [0.15, 0.2) is 48.5 Å². The summed E-state index contributed by atoms with van der Waals surface area (Å²) < 4.78 is 47.8. The third-order valence-electron chi connectivity index (χ3n) is 2.48. The number of rotatable bonds is 3. The summed E-state index contributed by atoms with van der Waals surface area (Å²) >= 11 is 0. The molecule has 2 aromatic carbocycles. The molecule has 0 amide bonds. The number of alkyl halides is 3. The Kier molecular flexibility index (Phi) is 3.64. The van der Waals surface area contributed by atoms with E-state index >= 15 is 0 Å². The first-order chi connectivity index (χ1) is 9.00. The lowest BCUT2D eigenvalue weighted by molar-refractivity contribution is -0.137. The predicted octanol–water partition coefficient (Wildman–Crippen LogP) is 4.51. The van der Waals surface area contributed by atoms with E-state index in [1.165, 1.54) is 19.2 Å². The molecule has 5 heteroatoms. The quantitative estimate of drug-likeness (QED) is 0.815. The van der Waals surface area contributed by atoms with Crippen LogP contribution < -0.4 is 9.47 Å². The Bertz CT molecular complexity index is 547. The SMILES string of the molecule is COc1ccccc1Oc1ccc(C(F)(F)F)cc1. The summed E-state index contributed by atoms with van der Waals surface area (Å²) in [6.45, 7) is 0. The van der Waals surface area contributed by atoms with Crippen LogP contribution in [0.3, 0.4) is 0 Å². The Labute approximate surface area is 108 Å². The van der Waals surface area contributed by atoms with E-state index in [-0.39, 0.29) is 0 Å². The van der Waals surface area contributed by atoms with Gasteiger partial charge in [-0.1, -0.05) is 12.1 Å². The molecular formula is C14H11F3O2. The number of hydrogen-bond donors (Lipinski definition) is 0. The van der Waals surface area contributed by atoms with Gasteiger partial charge in [0.25, 0.3) is 0 Å². The highest BCUT2D eigenvalue weighted by Gasteiger charge is 2.30. The second-order valence-corrected chi connectivity index (χ2v) is 3.78. The van der Waals surface area contributed by atoms with Crippen LogP contribution >= 0.6 is 0 Å². The van der Waals surface area contributed by atoms with Gasteiger partial charge in [0.15, 0.2) is 11.5 Å². The van der Waals surface area contributed by atoms with Crippen LogP contribution in [-0.2, 0) is 6.18 Å². The molecule has 0 unspecified atom stereocenters. The normalized spacial score (nSPS) is 11.2. The molecule has 0 N–H and O–H groups in total. The summed E-state index contributed by atoms with van der Waals surface area (Å²) in [5, 5.41) is 0. The summed E-state index contributed by atoms with van der Waals surface area (Å²) in [5.41, 5.74) is -0.708. The third kappa shape index (κ3) is 3.19. The topological polar surface area (TPSA) is 18.5 Å². The molecule has 2 nitrogen and oxygen atoms in total. The zero-order valence-corrected chi connectivity index (χ0v) is 10.1. The standard InChI is InChI=1S/C14H11F3O2/c1-18-12-4-2-3-5-13(12)19-11-8-6-10(7-9-11)14(15,16)17/h2-9H,1H3. The van der Waals surface area contributed by atoms with Crippen LogP contribution in [0.5, 0.6) is 17.2 Å². The van der Waals surface area contributed by atoms with Crippen LogP contribution in [0.25, 0.3) is 0 Å². The minimum absolute atomic E-state index is 0.317. The molecule has 0 heterocycles. The average molecular weight is 268 g/mol. The van der Waals surface area contributed by atoms with E-state index < -0.39 is 11.7 Å². The molecule has 19 heavy (non-hydrogen) atoms. The number of para-hydroxylation sites is 2. The first-order valence-electron chi connectivity index (χ1n) is 5.49. The third-order valence-corrected chi connectivity index (χ3v) is 2.48. The number of halogens is 3. The lowest BCUT2D eigenvalue weighted by atomic mass is 10.2. The van der Waals surface area contributed by atoms with Gasteiger partial charge in [-0.15, -0.1) is 0 Å². The molecule has 2 aromatic rings. The van der Waals surface area contributed by atoms with Gasteiger partial charge in [-0.25, -0.2) is 0 Å². The van der Waals surface area contributed by atoms with Crippen LogP contribution in [0.4, 0.5) is 13.2 Å². The monoisotopic (exact) mass is 268 g/mol. The van der Waals surface area contributed by atoms with Crippen molar-refractivity contribution < 1.29 is 22.6 Å². The maximum Gasteiger partial charge on any atom is 0.416 e. The minimum Gasteiger partial charge on any atom is -0.493 e. The average Bonchev–Trinajstić information content (AvgIpc) is 2.39. The van der Waals surface area contributed by atoms with Crippen LogP contribution in [0.2, 0.25) is 0 Å². The van der Waals surface area contributed by atoms with Gasteiger partial charge in [-0.2, -0.15) is 13.2 Å². The maximum atomic E-state index is 12.4. The van der Waals surface area contributed by atoms with Crippen molar-refractivity contribution in [1.82, 2.24) is 0 Å². The predicted molar refractivity (Wildman–Crippen MR) is 64.5 cm³/mol. The molecule has 0 radical (unpaired) electrons. The van der Waals surface area contributed by atoms with Gasteiger partial charge in [0.05, 0.1) is 12.7 Å². The van der Waals surface area contributed by atoms with Gasteiger partial charge in [-0.3, -0.25) is 0 Å². The Hall–Kier alpha value is -2.17. The van der Waals surface area contributed by atoms with Gasteiger partial charge < -0.3 is 9.47 Å². The highest BCUT2D eigenvalue weighted by atomic mass is 19.4. The van der Waals surface area contributed by atoms with Crippen molar-refractivity contribution >= 4 is 0 Å². The van der Waals surface area contributed by atoms with E-state index in [9.17, 15) is 13.2 Å². The van der Waals surface area contributed by atoms with E-state index in [1.54, 1.807) is 24.3 Å². The maximum absolute atomic E-state index is 12.4. The largest absolute Gasteiger partial charge is 0.493 e. The van der Waals surface area contributed by atoms with Crippen LogP contribution in [0.1, 0.15) is 5.56 Å². The van der Waals surface area contributed by atoms with Crippen LogP contribution in [0, 0.1) is 0 Å². The van der Waals surface area contributed by atoms with Gasteiger partial charge in [0.2, 0.25) is 0 Å². The molecule has 0 atom stereocenters. The fraction of sp³-hybridized carbons (Fsp3) is 0.143. The number of ether oxygens (including phenoxy) is 2. The van der Waals surface area contributed by atoms with Crippen molar-refractivity contribution in [1.29, 1.82) is 0 Å². The summed E-state index contributed by atoms with van der Waals surface area (Å²) in [7, 11) is 1.49.